The first kappa shape index (κ1) is 12.2. The van der Waals surface area contributed by atoms with E-state index in [2.05, 4.69) is 0 Å². The highest BCUT2D eigenvalue weighted by Crippen LogP contribution is 2.39. The highest BCUT2D eigenvalue weighted by molar-refractivity contribution is 5.44. The molecule has 0 amide bonds. The van der Waals surface area contributed by atoms with Gasteiger partial charge in [-0.1, -0.05) is 12.8 Å². The van der Waals surface area contributed by atoms with Crippen LogP contribution in [0.4, 0.5) is 4.39 Å². The highest BCUT2D eigenvalue weighted by atomic mass is 19.1. The van der Waals surface area contributed by atoms with Gasteiger partial charge in [0.15, 0.2) is 11.5 Å². The van der Waals surface area contributed by atoms with E-state index in [9.17, 15) is 4.39 Å². The quantitative estimate of drug-likeness (QED) is 0.859. The van der Waals surface area contributed by atoms with Gasteiger partial charge in [-0.25, -0.2) is 4.39 Å². The molecule has 2 rings (SSSR count). The molecule has 0 heterocycles. The van der Waals surface area contributed by atoms with Crippen LogP contribution in [0.2, 0.25) is 0 Å². The van der Waals surface area contributed by atoms with Crippen LogP contribution >= 0.6 is 0 Å². The summed E-state index contributed by atoms with van der Waals surface area (Å²) in [6.07, 6.45) is 3.26. The van der Waals surface area contributed by atoms with Crippen LogP contribution in [0.25, 0.3) is 0 Å². The Kier molecular flexibility index (Phi) is 3.52. The first-order valence-electron chi connectivity index (χ1n) is 5.82. The van der Waals surface area contributed by atoms with E-state index in [1.54, 1.807) is 6.07 Å². The van der Waals surface area contributed by atoms with Crippen molar-refractivity contribution in [1.82, 2.24) is 0 Å². The maximum atomic E-state index is 13.9. The molecule has 1 aliphatic carbocycles. The van der Waals surface area contributed by atoms with Gasteiger partial charge in [-0.2, -0.15) is 0 Å². The summed E-state index contributed by atoms with van der Waals surface area (Å²) in [5.41, 5.74) is 6.52. The zero-order valence-electron chi connectivity index (χ0n) is 10.2. The molecule has 1 aromatic carbocycles. The van der Waals surface area contributed by atoms with Crippen molar-refractivity contribution in [2.45, 2.75) is 25.3 Å². The van der Waals surface area contributed by atoms with Crippen molar-refractivity contribution < 1.29 is 13.9 Å². The first-order chi connectivity index (χ1) is 8.15. The van der Waals surface area contributed by atoms with Crippen molar-refractivity contribution in [3.63, 3.8) is 0 Å². The third-order valence-corrected chi connectivity index (χ3v) is 3.19. The van der Waals surface area contributed by atoms with Crippen molar-refractivity contribution in [1.29, 1.82) is 0 Å². The number of ether oxygens (including phenoxy) is 2. The molecule has 1 aromatic rings. The molecule has 1 atom stereocenters. The second-order valence-electron chi connectivity index (χ2n) is 4.51. The normalized spacial score (nSPS) is 16.7. The van der Waals surface area contributed by atoms with Crippen molar-refractivity contribution >= 4 is 0 Å². The summed E-state index contributed by atoms with van der Waals surface area (Å²) in [5, 5.41) is 0. The molecular formula is C13H18FNO2. The molecule has 94 valence electrons. The minimum atomic E-state index is -0.323. The average Bonchev–Trinajstić information content (AvgIpc) is 3.12. The summed E-state index contributed by atoms with van der Waals surface area (Å²) in [6, 6.07) is 2.71. The first-order valence-corrected chi connectivity index (χ1v) is 5.82. The van der Waals surface area contributed by atoms with Gasteiger partial charge >= 0.3 is 0 Å². The van der Waals surface area contributed by atoms with E-state index in [4.69, 9.17) is 15.2 Å². The number of hydrogen-bond acceptors (Lipinski definition) is 3. The summed E-state index contributed by atoms with van der Waals surface area (Å²) in [6.45, 7) is 0. The Hall–Kier alpha value is -1.29. The Bertz CT molecular complexity index is 405. The van der Waals surface area contributed by atoms with Crippen LogP contribution in [0.1, 0.15) is 30.9 Å². The predicted octanol–water partition coefficient (Wildman–Crippen LogP) is 2.64. The number of methoxy groups -OCH3 is 2. The second kappa shape index (κ2) is 4.92. The molecular weight excluding hydrogens is 221 g/mol. The Balaban J connectivity index is 2.25. The van der Waals surface area contributed by atoms with Gasteiger partial charge in [0.2, 0.25) is 0 Å². The second-order valence-corrected chi connectivity index (χ2v) is 4.51. The molecule has 2 N–H and O–H groups in total. The largest absolute Gasteiger partial charge is 0.493 e. The lowest BCUT2D eigenvalue weighted by Crippen LogP contribution is -2.13. The highest BCUT2D eigenvalue weighted by Gasteiger charge is 2.26. The zero-order valence-corrected chi connectivity index (χ0v) is 10.2. The van der Waals surface area contributed by atoms with Gasteiger partial charge in [-0.05, 0) is 18.4 Å². The van der Waals surface area contributed by atoms with Crippen LogP contribution < -0.4 is 15.2 Å². The lowest BCUT2D eigenvalue weighted by molar-refractivity contribution is 0.350. The smallest absolute Gasteiger partial charge is 0.163 e. The number of halogens is 1. The fourth-order valence-electron chi connectivity index (χ4n) is 1.99. The van der Waals surface area contributed by atoms with Gasteiger partial charge in [0, 0.05) is 17.7 Å². The summed E-state index contributed by atoms with van der Waals surface area (Å²) in [5.74, 6) is 1.26. The third kappa shape index (κ3) is 2.69. The van der Waals surface area contributed by atoms with Crippen molar-refractivity contribution in [2.24, 2.45) is 11.7 Å². The molecule has 0 spiro atoms. The fraction of sp³-hybridized carbons (Fsp3) is 0.538. The van der Waals surface area contributed by atoms with Gasteiger partial charge < -0.3 is 15.2 Å². The number of rotatable bonds is 5. The van der Waals surface area contributed by atoms with Crippen LogP contribution in [0.3, 0.4) is 0 Å². The molecule has 0 bridgehead atoms. The summed E-state index contributed by atoms with van der Waals surface area (Å²) >= 11 is 0. The SMILES string of the molecule is COc1cc(F)c([C@@H](N)CC2CC2)cc1OC. The number of nitrogens with two attached hydrogens (primary N) is 1. The predicted molar refractivity (Wildman–Crippen MR) is 63.8 cm³/mol. The molecule has 3 nitrogen and oxygen atoms in total. The summed E-state index contributed by atoms with van der Waals surface area (Å²) in [7, 11) is 3.02. The Labute approximate surface area is 101 Å². The fourth-order valence-corrected chi connectivity index (χ4v) is 1.99. The minimum Gasteiger partial charge on any atom is -0.493 e. The minimum absolute atomic E-state index is 0.262. The van der Waals surface area contributed by atoms with E-state index < -0.39 is 0 Å². The zero-order chi connectivity index (χ0) is 12.4. The lowest BCUT2D eigenvalue weighted by Gasteiger charge is -2.15. The Morgan fingerprint density at radius 1 is 1.29 bits per heavy atom. The molecule has 17 heavy (non-hydrogen) atoms. The van der Waals surface area contributed by atoms with Crippen LogP contribution in [-0.2, 0) is 0 Å². The van der Waals surface area contributed by atoms with Gasteiger partial charge in [-0.15, -0.1) is 0 Å². The van der Waals surface area contributed by atoms with Crippen LogP contribution in [0, 0.1) is 11.7 Å². The maximum absolute atomic E-state index is 13.9. The molecule has 0 aromatic heterocycles. The van der Waals surface area contributed by atoms with Gasteiger partial charge in [0.1, 0.15) is 5.82 Å². The van der Waals surface area contributed by atoms with E-state index in [0.29, 0.717) is 23.0 Å². The molecule has 0 aliphatic heterocycles. The summed E-state index contributed by atoms with van der Waals surface area (Å²) in [4.78, 5) is 0. The Morgan fingerprint density at radius 2 is 1.88 bits per heavy atom. The monoisotopic (exact) mass is 239 g/mol. The molecule has 1 fully saturated rings. The maximum Gasteiger partial charge on any atom is 0.163 e. The van der Waals surface area contributed by atoms with Crippen LogP contribution in [0.5, 0.6) is 11.5 Å². The summed E-state index contributed by atoms with van der Waals surface area (Å²) < 4.78 is 24.1. The van der Waals surface area contributed by atoms with E-state index in [1.165, 1.54) is 33.1 Å². The van der Waals surface area contributed by atoms with E-state index >= 15 is 0 Å². The molecule has 0 radical (unpaired) electrons. The van der Waals surface area contributed by atoms with Crippen molar-refractivity contribution in [3.05, 3.63) is 23.5 Å². The molecule has 0 saturated heterocycles. The van der Waals surface area contributed by atoms with Gasteiger partial charge in [0.05, 0.1) is 14.2 Å². The van der Waals surface area contributed by atoms with E-state index in [0.717, 1.165) is 6.42 Å². The standard InChI is InChI=1S/C13H18FNO2/c1-16-12-6-9(10(14)7-13(12)17-2)11(15)5-8-3-4-8/h6-8,11H,3-5,15H2,1-2H3/t11-/m0/s1. The molecule has 0 unspecified atom stereocenters. The average molecular weight is 239 g/mol. The van der Waals surface area contributed by atoms with Gasteiger partial charge in [-0.3, -0.25) is 0 Å². The van der Waals surface area contributed by atoms with Crippen LogP contribution in [0.15, 0.2) is 12.1 Å². The van der Waals surface area contributed by atoms with E-state index in [1.807, 2.05) is 0 Å². The number of hydrogen-bond donors (Lipinski definition) is 1. The Morgan fingerprint density at radius 3 is 2.41 bits per heavy atom. The topological polar surface area (TPSA) is 44.5 Å². The van der Waals surface area contributed by atoms with Crippen molar-refractivity contribution in [3.8, 4) is 11.5 Å². The van der Waals surface area contributed by atoms with Crippen molar-refractivity contribution in [2.75, 3.05) is 14.2 Å². The van der Waals surface area contributed by atoms with E-state index in [-0.39, 0.29) is 11.9 Å². The molecule has 4 heteroatoms. The van der Waals surface area contributed by atoms with Crippen LogP contribution in [-0.4, -0.2) is 14.2 Å². The third-order valence-electron chi connectivity index (χ3n) is 3.19. The molecule has 1 saturated carbocycles. The molecule has 1 aliphatic rings. The lowest BCUT2D eigenvalue weighted by atomic mass is 10.0. The van der Waals surface area contributed by atoms with Gasteiger partial charge in [0.25, 0.3) is 0 Å². The number of benzene rings is 1.